The van der Waals surface area contributed by atoms with Crippen LogP contribution in [0.3, 0.4) is 0 Å². The number of aromatic amines is 1. The Balaban J connectivity index is 1.91. The fourth-order valence-electron chi connectivity index (χ4n) is 2.21. The number of nitrogens with one attached hydrogen (secondary N) is 1. The second kappa shape index (κ2) is 6.53. The second-order valence-corrected chi connectivity index (χ2v) is 4.97. The minimum absolute atomic E-state index is 0.00679. The zero-order valence-corrected chi connectivity index (χ0v) is 12.3. The number of hydrogen-bond acceptors (Lipinski definition) is 7. The molecule has 0 amide bonds. The number of morpholine rings is 1. The number of furan rings is 1. The first kappa shape index (κ1) is 15.1. The van der Waals surface area contributed by atoms with E-state index in [1.165, 1.54) is 12.5 Å². The fourth-order valence-corrected chi connectivity index (χ4v) is 2.21. The van der Waals surface area contributed by atoms with Gasteiger partial charge in [0.2, 0.25) is 5.88 Å². The van der Waals surface area contributed by atoms with Crippen molar-refractivity contribution in [3.63, 3.8) is 0 Å². The number of aromatic nitrogens is 2. The average molecular weight is 320 g/mol. The lowest BCUT2D eigenvalue weighted by atomic mass is 10.3. The third kappa shape index (κ3) is 3.34. The lowest BCUT2D eigenvalue weighted by molar-refractivity contribution is 0.0396. The molecule has 1 fully saturated rings. The monoisotopic (exact) mass is 320 g/mol. The van der Waals surface area contributed by atoms with Crippen molar-refractivity contribution in [1.29, 1.82) is 0 Å². The van der Waals surface area contributed by atoms with Crippen LogP contribution in [0.15, 0.2) is 37.5 Å². The highest BCUT2D eigenvalue weighted by atomic mass is 16.5. The topological polar surface area (TPSA) is 113 Å². The van der Waals surface area contributed by atoms with Crippen molar-refractivity contribution >= 4 is 6.21 Å². The maximum atomic E-state index is 11.9. The molecule has 2 aromatic rings. The van der Waals surface area contributed by atoms with Crippen LogP contribution < -0.4 is 11.2 Å². The van der Waals surface area contributed by atoms with Gasteiger partial charge in [-0.3, -0.25) is 19.4 Å². The van der Waals surface area contributed by atoms with E-state index in [9.17, 15) is 14.7 Å². The van der Waals surface area contributed by atoms with Gasteiger partial charge >= 0.3 is 5.69 Å². The summed E-state index contributed by atoms with van der Waals surface area (Å²) in [5, 5.41) is 16.1. The van der Waals surface area contributed by atoms with Crippen molar-refractivity contribution in [2.75, 3.05) is 26.3 Å². The Morgan fingerprint density at radius 2 is 2.13 bits per heavy atom. The third-order valence-corrected chi connectivity index (χ3v) is 3.44. The van der Waals surface area contributed by atoms with Crippen molar-refractivity contribution in [3.8, 4) is 5.88 Å². The van der Waals surface area contributed by atoms with Gasteiger partial charge in [-0.1, -0.05) is 0 Å². The van der Waals surface area contributed by atoms with Crippen molar-refractivity contribution < 1.29 is 14.3 Å². The van der Waals surface area contributed by atoms with Crippen LogP contribution in [0.2, 0.25) is 0 Å². The number of aromatic hydroxyl groups is 1. The fraction of sp³-hybridized carbons (Fsp3) is 0.357. The molecule has 3 rings (SSSR count). The summed E-state index contributed by atoms with van der Waals surface area (Å²) in [6.07, 6.45) is 2.71. The molecule has 1 aliphatic heterocycles. The standard InChI is InChI=1S/C14H16N4O5/c19-12-11(8-15-17-3-6-22-7-4-17)13(20)18(14(21)16-12)9-10-2-1-5-23-10/h1-2,5,8,20H,3-4,6-7,9H2,(H,16,19,21)/b15-8+. The predicted octanol–water partition coefficient (Wildman–Crippen LogP) is -0.450. The Morgan fingerprint density at radius 3 is 2.83 bits per heavy atom. The minimum Gasteiger partial charge on any atom is -0.494 e. The highest BCUT2D eigenvalue weighted by Gasteiger charge is 2.15. The molecule has 0 atom stereocenters. The Kier molecular flexibility index (Phi) is 4.29. The van der Waals surface area contributed by atoms with E-state index >= 15 is 0 Å². The smallest absolute Gasteiger partial charge is 0.331 e. The summed E-state index contributed by atoms with van der Waals surface area (Å²) in [6.45, 7) is 2.31. The molecule has 1 aliphatic rings. The highest BCUT2D eigenvalue weighted by molar-refractivity contribution is 5.81. The van der Waals surface area contributed by atoms with E-state index in [1.54, 1.807) is 17.1 Å². The number of H-pyrrole nitrogens is 1. The molecule has 3 heterocycles. The van der Waals surface area contributed by atoms with Gasteiger partial charge in [-0.2, -0.15) is 5.10 Å². The summed E-state index contributed by atoms with van der Waals surface area (Å²) >= 11 is 0. The highest BCUT2D eigenvalue weighted by Crippen LogP contribution is 2.11. The number of hydrogen-bond donors (Lipinski definition) is 2. The average Bonchev–Trinajstić information content (AvgIpc) is 3.05. The summed E-state index contributed by atoms with van der Waals surface area (Å²) < 4.78 is 11.4. The molecule has 122 valence electrons. The molecule has 0 radical (unpaired) electrons. The molecule has 1 saturated heterocycles. The van der Waals surface area contributed by atoms with E-state index in [2.05, 4.69) is 10.1 Å². The number of nitrogens with zero attached hydrogens (tertiary/aromatic N) is 3. The summed E-state index contributed by atoms with van der Waals surface area (Å²) in [6, 6.07) is 3.34. The Hall–Kier alpha value is -2.81. The Morgan fingerprint density at radius 1 is 1.35 bits per heavy atom. The molecule has 2 aromatic heterocycles. The molecule has 0 saturated carbocycles. The third-order valence-electron chi connectivity index (χ3n) is 3.44. The van der Waals surface area contributed by atoms with Crippen LogP contribution in [0, 0.1) is 0 Å². The molecular formula is C14H16N4O5. The number of hydrazone groups is 1. The van der Waals surface area contributed by atoms with Gasteiger partial charge in [-0.15, -0.1) is 0 Å². The molecule has 9 heteroatoms. The SMILES string of the molecule is O=c1[nH]c(=O)n(Cc2ccco2)c(O)c1/C=N/N1CCOCC1. The van der Waals surface area contributed by atoms with E-state index in [4.69, 9.17) is 9.15 Å². The minimum atomic E-state index is -0.715. The van der Waals surface area contributed by atoms with Gasteiger partial charge < -0.3 is 14.3 Å². The first-order chi connectivity index (χ1) is 11.1. The van der Waals surface area contributed by atoms with Gasteiger partial charge in [0.25, 0.3) is 5.56 Å². The van der Waals surface area contributed by atoms with Crippen molar-refractivity contribution in [2.45, 2.75) is 6.54 Å². The van der Waals surface area contributed by atoms with Gasteiger partial charge in [0, 0.05) is 0 Å². The Bertz CT molecular complexity index is 800. The first-order valence-corrected chi connectivity index (χ1v) is 7.10. The molecule has 23 heavy (non-hydrogen) atoms. The molecule has 0 aliphatic carbocycles. The van der Waals surface area contributed by atoms with Crippen LogP contribution >= 0.6 is 0 Å². The van der Waals surface area contributed by atoms with Gasteiger partial charge in [-0.05, 0) is 12.1 Å². The normalized spacial score (nSPS) is 15.4. The largest absolute Gasteiger partial charge is 0.494 e. The van der Waals surface area contributed by atoms with Gasteiger partial charge in [0.05, 0.1) is 45.3 Å². The molecule has 2 N–H and O–H groups in total. The molecule has 0 spiro atoms. The molecule has 0 unspecified atom stereocenters. The molecule has 0 aromatic carbocycles. The van der Waals surface area contributed by atoms with Crippen LogP contribution in [-0.2, 0) is 11.3 Å². The maximum absolute atomic E-state index is 11.9. The van der Waals surface area contributed by atoms with Crippen molar-refractivity contribution in [1.82, 2.24) is 14.6 Å². The quantitative estimate of drug-likeness (QED) is 0.738. The van der Waals surface area contributed by atoms with Crippen LogP contribution in [-0.4, -0.2) is 52.2 Å². The number of ether oxygens (including phenoxy) is 1. The molecule has 9 nitrogen and oxygen atoms in total. The van der Waals surface area contributed by atoms with Crippen molar-refractivity contribution in [2.24, 2.45) is 5.10 Å². The lowest BCUT2D eigenvalue weighted by Gasteiger charge is -2.23. The molecular weight excluding hydrogens is 304 g/mol. The van der Waals surface area contributed by atoms with E-state index in [-0.39, 0.29) is 12.1 Å². The van der Waals surface area contributed by atoms with Gasteiger partial charge in [-0.25, -0.2) is 4.79 Å². The summed E-state index contributed by atoms with van der Waals surface area (Å²) in [7, 11) is 0. The Labute approximate surface area is 130 Å². The predicted molar refractivity (Wildman–Crippen MR) is 80.8 cm³/mol. The lowest BCUT2D eigenvalue weighted by Crippen LogP contribution is -2.34. The van der Waals surface area contributed by atoms with E-state index in [0.29, 0.717) is 32.1 Å². The first-order valence-electron chi connectivity index (χ1n) is 7.10. The van der Waals surface area contributed by atoms with E-state index < -0.39 is 17.1 Å². The zero-order chi connectivity index (χ0) is 16.2. The number of rotatable bonds is 4. The van der Waals surface area contributed by atoms with Crippen LogP contribution in [0.5, 0.6) is 5.88 Å². The molecule has 0 bridgehead atoms. The van der Waals surface area contributed by atoms with E-state index in [1.807, 2.05) is 0 Å². The van der Waals surface area contributed by atoms with Gasteiger partial charge in [0.1, 0.15) is 11.3 Å². The van der Waals surface area contributed by atoms with Crippen molar-refractivity contribution in [3.05, 3.63) is 50.6 Å². The van der Waals surface area contributed by atoms with Crippen LogP contribution in [0.4, 0.5) is 0 Å². The van der Waals surface area contributed by atoms with Gasteiger partial charge in [0.15, 0.2) is 0 Å². The second-order valence-electron chi connectivity index (χ2n) is 4.97. The summed E-state index contributed by atoms with van der Waals surface area (Å²) in [5.41, 5.74) is -1.49. The maximum Gasteiger partial charge on any atom is 0.331 e. The van der Waals surface area contributed by atoms with Crippen LogP contribution in [0.25, 0.3) is 0 Å². The van der Waals surface area contributed by atoms with Crippen LogP contribution in [0.1, 0.15) is 11.3 Å². The van der Waals surface area contributed by atoms with E-state index in [0.717, 1.165) is 4.57 Å². The summed E-state index contributed by atoms with van der Waals surface area (Å²) in [5.74, 6) is 0.0256. The summed E-state index contributed by atoms with van der Waals surface area (Å²) in [4.78, 5) is 25.9. The zero-order valence-electron chi connectivity index (χ0n) is 12.3.